The monoisotopic (exact) mass is 265 g/mol. The van der Waals surface area contributed by atoms with Crippen molar-refractivity contribution < 1.29 is 0 Å². The first-order valence-electron chi connectivity index (χ1n) is 5.49. The molecule has 0 radical (unpaired) electrons. The van der Waals surface area contributed by atoms with Crippen LogP contribution in [0.2, 0.25) is 0 Å². The lowest BCUT2D eigenvalue weighted by molar-refractivity contribution is 0.729. The van der Waals surface area contributed by atoms with E-state index in [1.54, 1.807) is 29.3 Å². The van der Waals surface area contributed by atoms with Crippen LogP contribution in [0, 0.1) is 6.92 Å². The van der Waals surface area contributed by atoms with E-state index in [1.165, 1.54) is 5.56 Å². The van der Waals surface area contributed by atoms with Gasteiger partial charge in [-0.25, -0.2) is 4.98 Å². The molecule has 1 N–H and O–H groups in total. The summed E-state index contributed by atoms with van der Waals surface area (Å²) in [5, 5.41) is 5.48. The van der Waals surface area contributed by atoms with E-state index in [-0.39, 0.29) is 0 Å². The molecular formula is C12H15N3S2. The Morgan fingerprint density at radius 3 is 3.12 bits per heavy atom. The van der Waals surface area contributed by atoms with Gasteiger partial charge >= 0.3 is 0 Å². The van der Waals surface area contributed by atoms with Crippen molar-refractivity contribution in [3.8, 4) is 0 Å². The predicted octanol–water partition coefficient (Wildman–Crippen LogP) is 2.73. The average molecular weight is 265 g/mol. The number of rotatable bonds is 6. The van der Waals surface area contributed by atoms with E-state index in [0.717, 1.165) is 28.9 Å². The van der Waals surface area contributed by atoms with E-state index >= 15 is 0 Å². The predicted molar refractivity (Wildman–Crippen MR) is 73.5 cm³/mol. The molecule has 2 rings (SSSR count). The van der Waals surface area contributed by atoms with Gasteiger partial charge in [0.15, 0.2) is 0 Å². The average Bonchev–Trinajstić information content (AvgIpc) is 2.76. The summed E-state index contributed by atoms with van der Waals surface area (Å²) in [6.45, 7) is 3.89. The zero-order chi connectivity index (χ0) is 11.9. The van der Waals surface area contributed by atoms with Crippen molar-refractivity contribution in [2.45, 2.75) is 17.8 Å². The number of aromatic nitrogens is 2. The molecule has 90 valence electrons. The minimum atomic E-state index is 0.880. The Kier molecular flexibility index (Phi) is 4.97. The van der Waals surface area contributed by atoms with Gasteiger partial charge in [-0.15, -0.1) is 11.3 Å². The van der Waals surface area contributed by atoms with Crippen LogP contribution in [0.1, 0.15) is 11.3 Å². The first-order valence-corrected chi connectivity index (χ1v) is 7.35. The quantitative estimate of drug-likeness (QED) is 0.644. The van der Waals surface area contributed by atoms with Crippen LogP contribution in [0.5, 0.6) is 0 Å². The summed E-state index contributed by atoms with van der Waals surface area (Å²) in [5.41, 5.74) is 2.34. The van der Waals surface area contributed by atoms with Crippen LogP contribution >= 0.6 is 23.1 Å². The molecule has 0 aromatic carbocycles. The van der Waals surface area contributed by atoms with Crippen LogP contribution < -0.4 is 5.32 Å². The molecule has 0 amide bonds. The molecule has 17 heavy (non-hydrogen) atoms. The second kappa shape index (κ2) is 6.74. The lowest BCUT2D eigenvalue weighted by Crippen LogP contribution is -2.16. The highest BCUT2D eigenvalue weighted by molar-refractivity contribution is 8.01. The van der Waals surface area contributed by atoms with E-state index in [4.69, 9.17) is 0 Å². The maximum absolute atomic E-state index is 4.41. The van der Waals surface area contributed by atoms with Gasteiger partial charge in [0.05, 0.1) is 0 Å². The van der Waals surface area contributed by atoms with E-state index in [2.05, 4.69) is 26.7 Å². The highest BCUT2D eigenvalue weighted by Crippen LogP contribution is 2.21. The third-order valence-electron chi connectivity index (χ3n) is 2.15. The van der Waals surface area contributed by atoms with E-state index in [9.17, 15) is 0 Å². The Morgan fingerprint density at radius 2 is 2.41 bits per heavy atom. The molecule has 0 saturated carbocycles. The molecule has 3 nitrogen and oxygen atoms in total. The van der Waals surface area contributed by atoms with Crippen LogP contribution in [0.25, 0.3) is 0 Å². The number of nitrogens with zero attached hydrogens (tertiary/aromatic N) is 2. The summed E-state index contributed by atoms with van der Waals surface area (Å²) >= 11 is 3.52. The minimum absolute atomic E-state index is 0.880. The van der Waals surface area contributed by atoms with Crippen molar-refractivity contribution in [1.82, 2.24) is 15.3 Å². The molecule has 0 fully saturated rings. The van der Waals surface area contributed by atoms with Gasteiger partial charge in [0.2, 0.25) is 0 Å². The lowest BCUT2D eigenvalue weighted by atomic mass is 10.3. The van der Waals surface area contributed by atoms with Gasteiger partial charge in [-0.2, -0.15) is 0 Å². The van der Waals surface area contributed by atoms with E-state index in [1.807, 2.05) is 19.2 Å². The second-order valence-electron chi connectivity index (χ2n) is 3.64. The number of thioether (sulfide) groups is 1. The molecular weight excluding hydrogens is 250 g/mol. The molecule has 5 heteroatoms. The SMILES string of the molecule is Cc1csc(SCCNCc2cccnc2)n1. The normalized spacial score (nSPS) is 10.6. The van der Waals surface area contributed by atoms with Crippen LogP contribution in [0.15, 0.2) is 34.2 Å². The fraction of sp³-hybridized carbons (Fsp3) is 0.333. The van der Waals surface area contributed by atoms with Crippen molar-refractivity contribution >= 4 is 23.1 Å². The van der Waals surface area contributed by atoms with Gasteiger partial charge in [0.25, 0.3) is 0 Å². The van der Waals surface area contributed by atoms with Gasteiger partial charge in [0.1, 0.15) is 4.34 Å². The molecule has 2 aromatic rings. The Bertz CT molecular complexity index is 442. The van der Waals surface area contributed by atoms with Crippen molar-refractivity contribution in [3.05, 3.63) is 41.2 Å². The number of thiazole rings is 1. The standard InChI is InChI=1S/C12H15N3S2/c1-10-9-17-12(15-10)16-6-5-14-8-11-3-2-4-13-7-11/h2-4,7,9,14H,5-6,8H2,1H3. The maximum Gasteiger partial charge on any atom is 0.150 e. The molecule has 0 aliphatic carbocycles. The third-order valence-corrected chi connectivity index (χ3v) is 4.29. The first kappa shape index (κ1) is 12.5. The molecule has 0 bridgehead atoms. The summed E-state index contributed by atoms with van der Waals surface area (Å²) in [6.07, 6.45) is 3.69. The zero-order valence-electron chi connectivity index (χ0n) is 9.72. The number of hydrogen-bond acceptors (Lipinski definition) is 5. The van der Waals surface area contributed by atoms with Crippen molar-refractivity contribution in [2.75, 3.05) is 12.3 Å². The molecule has 2 aromatic heterocycles. The van der Waals surface area contributed by atoms with Crippen LogP contribution in [0.3, 0.4) is 0 Å². The van der Waals surface area contributed by atoms with Gasteiger partial charge in [0, 0.05) is 42.3 Å². The van der Waals surface area contributed by atoms with Crippen molar-refractivity contribution in [2.24, 2.45) is 0 Å². The molecule has 0 atom stereocenters. The first-order chi connectivity index (χ1) is 8.34. The van der Waals surface area contributed by atoms with Crippen molar-refractivity contribution in [3.63, 3.8) is 0 Å². The Morgan fingerprint density at radius 1 is 1.47 bits per heavy atom. The smallest absolute Gasteiger partial charge is 0.150 e. The fourth-order valence-corrected chi connectivity index (χ4v) is 3.16. The Hall–Kier alpha value is -0.910. The molecule has 0 unspecified atom stereocenters. The van der Waals surface area contributed by atoms with Crippen LogP contribution in [-0.2, 0) is 6.54 Å². The van der Waals surface area contributed by atoms with Crippen molar-refractivity contribution in [1.29, 1.82) is 0 Å². The molecule has 0 aliphatic heterocycles. The third kappa shape index (κ3) is 4.46. The molecule has 0 aliphatic rings. The number of hydrogen-bond donors (Lipinski definition) is 1. The summed E-state index contributed by atoms with van der Waals surface area (Å²) in [4.78, 5) is 8.49. The number of aryl methyl sites for hydroxylation is 1. The van der Waals surface area contributed by atoms with E-state index < -0.39 is 0 Å². The Balaban J connectivity index is 1.61. The number of pyridine rings is 1. The summed E-state index contributed by atoms with van der Waals surface area (Å²) in [6, 6.07) is 4.04. The molecule has 0 saturated heterocycles. The van der Waals surface area contributed by atoms with Gasteiger partial charge in [-0.05, 0) is 18.6 Å². The van der Waals surface area contributed by atoms with Gasteiger partial charge < -0.3 is 5.32 Å². The highest BCUT2D eigenvalue weighted by Gasteiger charge is 1.98. The maximum atomic E-state index is 4.41. The summed E-state index contributed by atoms with van der Waals surface area (Å²) < 4.78 is 1.16. The summed E-state index contributed by atoms with van der Waals surface area (Å²) in [5.74, 6) is 1.05. The van der Waals surface area contributed by atoms with Crippen LogP contribution in [0.4, 0.5) is 0 Å². The highest BCUT2D eigenvalue weighted by atomic mass is 32.2. The van der Waals surface area contributed by atoms with E-state index in [0.29, 0.717) is 0 Å². The Labute approximate surface area is 110 Å². The minimum Gasteiger partial charge on any atom is -0.312 e. The molecule has 2 heterocycles. The van der Waals surface area contributed by atoms with Crippen LogP contribution in [-0.4, -0.2) is 22.3 Å². The lowest BCUT2D eigenvalue weighted by Gasteiger charge is -2.03. The molecule has 0 spiro atoms. The second-order valence-corrected chi connectivity index (χ2v) is 5.84. The summed E-state index contributed by atoms with van der Waals surface area (Å²) in [7, 11) is 0. The van der Waals surface area contributed by atoms with Gasteiger partial charge in [-0.3, -0.25) is 4.98 Å². The fourth-order valence-electron chi connectivity index (χ4n) is 1.34. The number of nitrogens with one attached hydrogen (secondary N) is 1. The zero-order valence-corrected chi connectivity index (χ0v) is 11.4. The largest absolute Gasteiger partial charge is 0.312 e. The topological polar surface area (TPSA) is 37.8 Å². The van der Waals surface area contributed by atoms with Gasteiger partial charge in [-0.1, -0.05) is 17.8 Å².